The van der Waals surface area contributed by atoms with Gasteiger partial charge in [0.05, 0.1) is 12.7 Å². The van der Waals surface area contributed by atoms with Crippen molar-refractivity contribution in [1.29, 1.82) is 0 Å². The Morgan fingerprint density at radius 2 is 1.83 bits per heavy atom. The summed E-state index contributed by atoms with van der Waals surface area (Å²) in [6.07, 6.45) is 1.49. The van der Waals surface area contributed by atoms with Crippen LogP contribution in [0.15, 0.2) is 48.5 Å². The third-order valence-electron chi connectivity index (χ3n) is 5.09. The highest BCUT2D eigenvalue weighted by Crippen LogP contribution is 2.19. The quantitative estimate of drug-likeness (QED) is 0.626. The predicted molar refractivity (Wildman–Crippen MR) is 111 cm³/mol. The summed E-state index contributed by atoms with van der Waals surface area (Å²) in [5.74, 6) is -0.00429. The molecule has 1 fully saturated rings. The Bertz CT molecular complexity index is 910. The van der Waals surface area contributed by atoms with E-state index in [4.69, 9.17) is 9.47 Å². The average Bonchev–Trinajstić information content (AvgIpc) is 3.17. The number of hydrogen-bond donors (Lipinski definition) is 0. The molecule has 30 heavy (non-hydrogen) atoms. The zero-order valence-corrected chi connectivity index (χ0v) is 17.3. The van der Waals surface area contributed by atoms with Gasteiger partial charge in [0, 0.05) is 38.7 Å². The second-order valence-electron chi connectivity index (χ2n) is 7.25. The summed E-state index contributed by atoms with van der Waals surface area (Å²) in [6.45, 7) is 1.33. The molecule has 1 saturated heterocycles. The first-order valence-electron chi connectivity index (χ1n) is 9.87. The van der Waals surface area contributed by atoms with Gasteiger partial charge in [0.15, 0.2) is 6.61 Å². The Hall–Kier alpha value is -3.35. The van der Waals surface area contributed by atoms with Crippen molar-refractivity contribution in [2.75, 3.05) is 27.3 Å². The van der Waals surface area contributed by atoms with Gasteiger partial charge >= 0.3 is 5.97 Å². The first kappa shape index (κ1) is 21.4. The lowest BCUT2D eigenvalue weighted by molar-refractivity contribution is -0.133. The van der Waals surface area contributed by atoms with E-state index < -0.39 is 5.97 Å². The molecular formula is C23H26N2O5. The van der Waals surface area contributed by atoms with E-state index >= 15 is 0 Å². The van der Waals surface area contributed by atoms with Crippen molar-refractivity contribution in [3.8, 4) is 5.75 Å². The van der Waals surface area contributed by atoms with Crippen LogP contribution < -0.4 is 4.74 Å². The SMILES string of the molecule is COc1ccccc1CN(C)C(=O)COC(=O)c1ccc(CN2CCCC2=O)cc1. The van der Waals surface area contributed by atoms with Gasteiger partial charge < -0.3 is 19.3 Å². The zero-order valence-electron chi connectivity index (χ0n) is 17.3. The third-order valence-corrected chi connectivity index (χ3v) is 5.09. The molecule has 1 aliphatic heterocycles. The molecule has 0 atom stereocenters. The Labute approximate surface area is 176 Å². The number of nitrogens with zero attached hydrogens (tertiary/aromatic N) is 2. The molecule has 0 bridgehead atoms. The molecule has 0 aliphatic carbocycles. The van der Waals surface area contributed by atoms with E-state index in [1.807, 2.05) is 29.2 Å². The topological polar surface area (TPSA) is 76.2 Å². The molecule has 3 rings (SSSR count). The van der Waals surface area contributed by atoms with Gasteiger partial charge in [0.25, 0.3) is 5.91 Å². The second kappa shape index (κ2) is 9.91. The van der Waals surface area contributed by atoms with E-state index in [-0.39, 0.29) is 18.4 Å². The number of ether oxygens (including phenoxy) is 2. The Kier molecular flexibility index (Phi) is 7.06. The third kappa shape index (κ3) is 5.37. The number of amides is 2. The van der Waals surface area contributed by atoms with Crippen molar-refractivity contribution >= 4 is 17.8 Å². The number of hydrogen-bond acceptors (Lipinski definition) is 5. The lowest BCUT2D eigenvalue weighted by Gasteiger charge is -2.19. The summed E-state index contributed by atoms with van der Waals surface area (Å²) in [5, 5.41) is 0. The van der Waals surface area contributed by atoms with Crippen LogP contribution >= 0.6 is 0 Å². The highest BCUT2D eigenvalue weighted by Gasteiger charge is 2.20. The summed E-state index contributed by atoms with van der Waals surface area (Å²) >= 11 is 0. The maximum absolute atomic E-state index is 12.3. The van der Waals surface area contributed by atoms with Crippen LogP contribution in [0, 0.1) is 0 Å². The standard InChI is InChI=1S/C23H26N2O5/c1-24(15-19-6-3-4-7-20(19)29-2)22(27)16-30-23(28)18-11-9-17(10-12-18)14-25-13-5-8-21(25)26/h3-4,6-7,9-12H,5,8,13-16H2,1-2H3. The number of esters is 1. The van der Waals surface area contributed by atoms with E-state index in [1.165, 1.54) is 4.90 Å². The molecule has 2 amide bonds. The van der Waals surface area contributed by atoms with Crippen LogP contribution in [0.25, 0.3) is 0 Å². The molecule has 0 aromatic heterocycles. The van der Waals surface area contributed by atoms with Crippen molar-refractivity contribution in [1.82, 2.24) is 9.80 Å². The van der Waals surface area contributed by atoms with E-state index in [2.05, 4.69) is 0 Å². The number of benzene rings is 2. The van der Waals surface area contributed by atoms with E-state index in [0.717, 1.165) is 24.1 Å². The van der Waals surface area contributed by atoms with Crippen molar-refractivity contribution in [2.24, 2.45) is 0 Å². The molecule has 0 unspecified atom stereocenters. The summed E-state index contributed by atoms with van der Waals surface area (Å²) in [5.41, 5.74) is 2.19. The maximum Gasteiger partial charge on any atom is 0.338 e. The van der Waals surface area contributed by atoms with Crippen LogP contribution in [0.5, 0.6) is 5.75 Å². The number of methoxy groups -OCH3 is 1. The summed E-state index contributed by atoms with van der Waals surface area (Å²) in [6, 6.07) is 14.4. The molecule has 0 radical (unpaired) electrons. The van der Waals surface area contributed by atoms with Crippen molar-refractivity contribution in [3.05, 3.63) is 65.2 Å². The fraction of sp³-hybridized carbons (Fsp3) is 0.348. The average molecular weight is 410 g/mol. The Morgan fingerprint density at radius 1 is 1.10 bits per heavy atom. The number of likely N-dealkylation sites (N-methyl/N-ethyl adjacent to an activating group) is 1. The predicted octanol–water partition coefficient (Wildman–Crippen LogP) is 2.63. The zero-order chi connectivity index (χ0) is 21.5. The van der Waals surface area contributed by atoms with Crippen molar-refractivity contribution in [2.45, 2.75) is 25.9 Å². The monoisotopic (exact) mass is 410 g/mol. The second-order valence-corrected chi connectivity index (χ2v) is 7.25. The first-order valence-corrected chi connectivity index (χ1v) is 9.87. The van der Waals surface area contributed by atoms with E-state index in [0.29, 0.717) is 30.8 Å². The minimum absolute atomic E-state index is 0.161. The molecule has 1 heterocycles. The highest BCUT2D eigenvalue weighted by atomic mass is 16.5. The normalized spacial score (nSPS) is 13.3. The van der Waals surface area contributed by atoms with Gasteiger partial charge in [-0.3, -0.25) is 9.59 Å². The van der Waals surface area contributed by atoms with Gasteiger partial charge in [-0.15, -0.1) is 0 Å². The van der Waals surface area contributed by atoms with E-state index in [9.17, 15) is 14.4 Å². The fourth-order valence-corrected chi connectivity index (χ4v) is 3.34. The molecule has 2 aromatic rings. The molecule has 2 aromatic carbocycles. The number of carbonyl (C=O) groups is 3. The van der Waals surface area contributed by atoms with Gasteiger partial charge in [-0.1, -0.05) is 30.3 Å². The fourth-order valence-electron chi connectivity index (χ4n) is 3.34. The molecular weight excluding hydrogens is 384 g/mol. The maximum atomic E-state index is 12.3. The van der Waals surface area contributed by atoms with Gasteiger partial charge in [-0.25, -0.2) is 4.79 Å². The van der Waals surface area contributed by atoms with Crippen LogP contribution in [0.2, 0.25) is 0 Å². The van der Waals surface area contributed by atoms with Gasteiger partial charge in [-0.2, -0.15) is 0 Å². The Morgan fingerprint density at radius 3 is 2.50 bits per heavy atom. The molecule has 7 nitrogen and oxygen atoms in total. The van der Waals surface area contributed by atoms with Gasteiger partial charge in [-0.05, 0) is 30.2 Å². The molecule has 158 valence electrons. The molecule has 0 saturated carbocycles. The molecule has 7 heteroatoms. The highest BCUT2D eigenvalue weighted by molar-refractivity contribution is 5.91. The van der Waals surface area contributed by atoms with Crippen LogP contribution in [0.4, 0.5) is 0 Å². The smallest absolute Gasteiger partial charge is 0.338 e. The molecule has 1 aliphatic rings. The summed E-state index contributed by atoms with van der Waals surface area (Å²) in [4.78, 5) is 39.6. The number of carbonyl (C=O) groups excluding carboxylic acids is 3. The molecule has 0 N–H and O–H groups in total. The lowest BCUT2D eigenvalue weighted by atomic mass is 10.1. The lowest BCUT2D eigenvalue weighted by Crippen LogP contribution is -2.31. The summed E-state index contributed by atoms with van der Waals surface area (Å²) in [7, 11) is 3.23. The van der Waals surface area contributed by atoms with E-state index in [1.54, 1.807) is 38.4 Å². The van der Waals surface area contributed by atoms with Crippen molar-refractivity contribution < 1.29 is 23.9 Å². The number of likely N-dealkylation sites (tertiary alicyclic amines) is 1. The van der Waals surface area contributed by atoms with Crippen LogP contribution in [-0.4, -0.2) is 54.9 Å². The van der Waals surface area contributed by atoms with Gasteiger partial charge in [0.2, 0.25) is 5.91 Å². The molecule has 0 spiro atoms. The van der Waals surface area contributed by atoms with Gasteiger partial charge in [0.1, 0.15) is 5.75 Å². The first-order chi connectivity index (χ1) is 14.5. The number of para-hydroxylation sites is 1. The largest absolute Gasteiger partial charge is 0.496 e. The summed E-state index contributed by atoms with van der Waals surface area (Å²) < 4.78 is 10.5. The minimum Gasteiger partial charge on any atom is -0.496 e. The number of rotatable bonds is 8. The van der Waals surface area contributed by atoms with Crippen LogP contribution in [0.1, 0.15) is 34.3 Å². The van der Waals surface area contributed by atoms with Crippen LogP contribution in [-0.2, 0) is 27.4 Å². The minimum atomic E-state index is -0.558. The van der Waals surface area contributed by atoms with Crippen molar-refractivity contribution in [3.63, 3.8) is 0 Å². The Balaban J connectivity index is 1.49. The van der Waals surface area contributed by atoms with Crippen LogP contribution in [0.3, 0.4) is 0 Å².